The third kappa shape index (κ3) is 8.49. The van der Waals surface area contributed by atoms with Gasteiger partial charge in [0.2, 0.25) is 11.8 Å². The summed E-state index contributed by atoms with van der Waals surface area (Å²) in [6.45, 7) is 4.65. The zero-order valence-corrected chi connectivity index (χ0v) is 27.1. The minimum Gasteiger partial charge on any atom is -0.352 e. The first-order valence-electron chi connectivity index (χ1n) is 14.7. The molecule has 0 aromatic heterocycles. The van der Waals surface area contributed by atoms with Gasteiger partial charge in [-0.05, 0) is 61.7 Å². The van der Waals surface area contributed by atoms with Gasteiger partial charge >= 0.3 is 0 Å². The highest BCUT2D eigenvalue weighted by Gasteiger charge is 2.35. The highest BCUT2D eigenvalue weighted by Crippen LogP contribution is 2.29. The standard InChI is InChI=1S/C35H37ClFN3O4S/c1-4-26(3)38-35(42)33(21-27-13-7-5-8-14-27)39(23-28-15-11-12-18-32(28)37)34(41)24-40(29-20-19-25(2)31(36)22-29)45(43,44)30-16-9-6-10-17-30/h5-20,22,26,33H,4,21,23-24H2,1-3H3,(H,38,42)/t26-,33-/m1/s1. The lowest BCUT2D eigenvalue weighted by Crippen LogP contribution is -2.54. The summed E-state index contributed by atoms with van der Waals surface area (Å²) in [5.41, 5.74) is 1.88. The zero-order chi connectivity index (χ0) is 32.6. The topological polar surface area (TPSA) is 86.8 Å². The number of aryl methyl sites for hydroxylation is 1. The summed E-state index contributed by atoms with van der Waals surface area (Å²) in [7, 11) is -4.27. The van der Waals surface area contributed by atoms with Crippen molar-refractivity contribution in [2.45, 2.75) is 57.1 Å². The normalized spacial score (nSPS) is 12.6. The highest BCUT2D eigenvalue weighted by atomic mass is 35.5. The molecule has 45 heavy (non-hydrogen) atoms. The molecule has 0 fully saturated rings. The quantitative estimate of drug-likeness (QED) is 0.178. The van der Waals surface area contributed by atoms with E-state index in [2.05, 4.69) is 5.32 Å². The van der Waals surface area contributed by atoms with Crippen molar-refractivity contribution in [2.24, 2.45) is 0 Å². The van der Waals surface area contributed by atoms with E-state index in [1.54, 1.807) is 49.4 Å². The van der Waals surface area contributed by atoms with Gasteiger partial charge in [-0.2, -0.15) is 0 Å². The number of benzene rings is 4. The maximum atomic E-state index is 15.0. The average molecular weight is 650 g/mol. The number of nitrogens with zero attached hydrogens (tertiary/aromatic N) is 2. The molecule has 0 spiro atoms. The highest BCUT2D eigenvalue weighted by molar-refractivity contribution is 7.92. The van der Waals surface area contributed by atoms with E-state index in [4.69, 9.17) is 11.6 Å². The second kappa shape index (κ2) is 15.2. The molecule has 0 saturated heterocycles. The van der Waals surface area contributed by atoms with E-state index < -0.39 is 40.2 Å². The molecule has 0 bridgehead atoms. The first-order valence-corrected chi connectivity index (χ1v) is 16.5. The Morgan fingerprint density at radius 2 is 1.53 bits per heavy atom. The molecule has 1 N–H and O–H groups in total. The number of amides is 2. The molecule has 0 aliphatic rings. The van der Waals surface area contributed by atoms with E-state index in [1.807, 2.05) is 44.2 Å². The molecule has 2 atom stereocenters. The first kappa shape index (κ1) is 33.7. The van der Waals surface area contributed by atoms with Crippen molar-refractivity contribution in [3.63, 3.8) is 0 Å². The van der Waals surface area contributed by atoms with Crippen LogP contribution in [-0.2, 0) is 32.6 Å². The Morgan fingerprint density at radius 3 is 2.16 bits per heavy atom. The van der Waals surface area contributed by atoms with E-state index in [1.165, 1.54) is 35.2 Å². The van der Waals surface area contributed by atoms with Crippen LogP contribution in [-0.4, -0.2) is 43.8 Å². The van der Waals surface area contributed by atoms with Crippen LogP contribution in [0.25, 0.3) is 0 Å². The largest absolute Gasteiger partial charge is 0.352 e. The number of nitrogens with one attached hydrogen (secondary N) is 1. The molecule has 0 radical (unpaired) electrons. The van der Waals surface area contributed by atoms with Crippen molar-refractivity contribution >= 4 is 39.1 Å². The van der Waals surface area contributed by atoms with Crippen molar-refractivity contribution in [1.29, 1.82) is 0 Å². The van der Waals surface area contributed by atoms with Crippen LogP contribution in [0.3, 0.4) is 0 Å². The van der Waals surface area contributed by atoms with Crippen molar-refractivity contribution in [1.82, 2.24) is 10.2 Å². The fourth-order valence-electron chi connectivity index (χ4n) is 4.79. The second-order valence-corrected chi connectivity index (χ2v) is 13.2. The van der Waals surface area contributed by atoms with Gasteiger partial charge in [-0.3, -0.25) is 13.9 Å². The Hall–Kier alpha value is -4.21. The van der Waals surface area contributed by atoms with E-state index in [-0.39, 0.29) is 35.2 Å². The van der Waals surface area contributed by atoms with E-state index >= 15 is 4.39 Å². The molecule has 0 heterocycles. The number of hydrogen-bond acceptors (Lipinski definition) is 4. The van der Waals surface area contributed by atoms with Gasteiger partial charge in [0, 0.05) is 29.6 Å². The van der Waals surface area contributed by atoms with Crippen molar-refractivity contribution in [2.75, 3.05) is 10.8 Å². The Bertz CT molecular complexity index is 1720. The van der Waals surface area contributed by atoms with Gasteiger partial charge in [0.15, 0.2) is 0 Å². The molecule has 4 aromatic rings. The van der Waals surface area contributed by atoms with Crippen LogP contribution in [0.4, 0.5) is 10.1 Å². The molecule has 4 aromatic carbocycles. The summed E-state index contributed by atoms with van der Waals surface area (Å²) >= 11 is 6.41. The monoisotopic (exact) mass is 649 g/mol. The number of halogens is 2. The van der Waals surface area contributed by atoms with Gasteiger partial charge in [-0.15, -0.1) is 0 Å². The lowest BCUT2D eigenvalue weighted by atomic mass is 10.0. The number of anilines is 1. The molecule has 10 heteroatoms. The number of sulfonamides is 1. The van der Waals surface area contributed by atoms with Gasteiger partial charge in [0.25, 0.3) is 10.0 Å². The minimum absolute atomic E-state index is 0.0227. The summed E-state index contributed by atoms with van der Waals surface area (Å²) in [6.07, 6.45) is 0.785. The maximum Gasteiger partial charge on any atom is 0.264 e. The minimum atomic E-state index is -4.27. The number of hydrogen-bond donors (Lipinski definition) is 1. The van der Waals surface area contributed by atoms with Crippen LogP contribution >= 0.6 is 11.6 Å². The van der Waals surface area contributed by atoms with E-state index in [0.29, 0.717) is 11.4 Å². The molecular formula is C35H37ClFN3O4S. The zero-order valence-electron chi connectivity index (χ0n) is 25.5. The summed E-state index contributed by atoms with van der Waals surface area (Å²) < 4.78 is 44.1. The molecule has 2 amide bonds. The molecule has 236 valence electrons. The molecule has 0 aliphatic heterocycles. The SMILES string of the molecule is CC[C@@H](C)NC(=O)[C@@H](Cc1ccccc1)N(Cc1ccccc1F)C(=O)CN(c1ccc(C)c(Cl)c1)S(=O)(=O)c1ccccc1. The summed E-state index contributed by atoms with van der Waals surface area (Å²) in [5, 5.41) is 3.29. The Morgan fingerprint density at radius 1 is 0.911 bits per heavy atom. The van der Waals surface area contributed by atoms with Gasteiger partial charge in [0.05, 0.1) is 10.6 Å². The van der Waals surface area contributed by atoms with Crippen LogP contribution in [0.1, 0.15) is 37.0 Å². The van der Waals surface area contributed by atoms with Crippen molar-refractivity contribution in [3.05, 3.63) is 131 Å². The summed E-state index contributed by atoms with van der Waals surface area (Å²) in [4.78, 5) is 29.5. The third-order valence-corrected chi connectivity index (χ3v) is 9.82. The molecule has 0 aliphatic carbocycles. The Balaban J connectivity index is 1.83. The first-order chi connectivity index (χ1) is 21.5. The van der Waals surface area contributed by atoms with Crippen LogP contribution < -0.4 is 9.62 Å². The second-order valence-electron chi connectivity index (χ2n) is 10.9. The van der Waals surface area contributed by atoms with Gasteiger partial charge in [-0.1, -0.05) is 91.3 Å². The molecule has 4 rings (SSSR count). The smallest absolute Gasteiger partial charge is 0.264 e. The van der Waals surface area contributed by atoms with Gasteiger partial charge in [-0.25, -0.2) is 12.8 Å². The number of rotatable bonds is 13. The molecule has 0 saturated carbocycles. The predicted molar refractivity (Wildman–Crippen MR) is 176 cm³/mol. The maximum absolute atomic E-state index is 15.0. The Labute approximate surface area is 269 Å². The molecular weight excluding hydrogens is 613 g/mol. The molecule has 0 unspecified atom stereocenters. The van der Waals surface area contributed by atoms with Gasteiger partial charge in [0.1, 0.15) is 18.4 Å². The summed E-state index contributed by atoms with van der Waals surface area (Å²) in [5.74, 6) is -1.65. The van der Waals surface area contributed by atoms with Gasteiger partial charge < -0.3 is 10.2 Å². The predicted octanol–water partition coefficient (Wildman–Crippen LogP) is 6.54. The lowest BCUT2D eigenvalue weighted by Gasteiger charge is -2.34. The third-order valence-electron chi connectivity index (χ3n) is 7.62. The van der Waals surface area contributed by atoms with Crippen molar-refractivity contribution < 1.29 is 22.4 Å². The van der Waals surface area contributed by atoms with Crippen LogP contribution in [0.15, 0.2) is 108 Å². The molecule has 7 nitrogen and oxygen atoms in total. The number of carbonyl (C=O) groups is 2. The van der Waals surface area contributed by atoms with Crippen LogP contribution in [0, 0.1) is 12.7 Å². The fraction of sp³-hybridized carbons (Fsp3) is 0.257. The van der Waals surface area contributed by atoms with Crippen LogP contribution in [0.2, 0.25) is 5.02 Å². The fourth-order valence-corrected chi connectivity index (χ4v) is 6.39. The average Bonchev–Trinajstić information content (AvgIpc) is 3.04. The summed E-state index contributed by atoms with van der Waals surface area (Å²) in [6, 6.07) is 26.4. The van der Waals surface area contributed by atoms with E-state index in [9.17, 15) is 18.0 Å². The van der Waals surface area contributed by atoms with Crippen molar-refractivity contribution in [3.8, 4) is 0 Å². The Kier molecular flexibility index (Phi) is 11.4. The number of carbonyl (C=O) groups excluding carboxylic acids is 2. The van der Waals surface area contributed by atoms with E-state index in [0.717, 1.165) is 15.4 Å². The lowest BCUT2D eigenvalue weighted by molar-refractivity contribution is -0.140. The van der Waals surface area contributed by atoms with Crippen LogP contribution in [0.5, 0.6) is 0 Å².